The quantitative estimate of drug-likeness (QED) is 0.749. The summed E-state index contributed by atoms with van der Waals surface area (Å²) >= 11 is 4.96. The molecule has 1 aliphatic rings. The summed E-state index contributed by atoms with van der Waals surface area (Å²) in [5, 5.41) is 1.95. The number of Topliss-reactive ketones (excluding diaryl/α,β-unsaturated/α-hetero) is 1. The maximum atomic E-state index is 12.8. The lowest BCUT2D eigenvalue weighted by Gasteiger charge is -2.38. The normalized spacial score (nSPS) is 28.3. The Hall–Kier alpha value is -0.190. The lowest BCUT2D eigenvalue weighted by Crippen LogP contribution is -2.45. The number of rotatable bonds is 4. The second-order valence-corrected chi connectivity index (χ2v) is 6.83. The van der Waals surface area contributed by atoms with Gasteiger partial charge in [0, 0.05) is 11.1 Å². The van der Waals surface area contributed by atoms with Gasteiger partial charge in [0.15, 0.2) is 0 Å². The molecule has 0 spiro atoms. The van der Waals surface area contributed by atoms with Crippen molar-refractivity contribution in [3.05, 3.63) is 20.8 Å². The second-order valence-electron chi connectivity index (χ2n) is 5.06. The number of ether oxygens (including phenoxy) is 1. The summed E-state index contributed by atoms with van der Waals surface area (Å²) in [5.41, 5.74) is -0.584. The van der Waals surface area contributed by atoms with E-state index in [-0.39, 0.29) is 5.78 Å². The molecule has 4 heteroatoms. The van der Waals surface area contributed by atoms with Gasteiger partial charge in [-0.25, -0.2) is 0 Å². The summed E-state index contributed by atoms with van der Waals surface area (Å²) in [6, 6.07) is 1.93. The minimum Gasteiger partial charge on any atom is -0.367 e. The van der Waals surface area contributed by atoms with Crippen LogP contribution in [0.1, 0.15) is 49.2 Å². The molecule has 2 rings (SSSR count). The van der Waals surface area contributed by atoms with Crippen molar-refractivity contribution in [2.24, 2.45) is 5.92 Å². The monoisotopic (exact) mass is 330 g/mol. The van der Waals surface area contributed by atoms with E-state index in [9.17, 15) is 4.79 Å². The molecule has 2 atom stereocenters. The largest absolute Gasteiger partial charge is 0.367 e. The van der Waals surface area contributed by atoms with Crippen molar-refractivity contribution in [2.75, 3.05) is 6.61 Å². The van der Waals surface area contributed by atoms with Gasteiger partial charge in [-0.1, -0.05) is 13.3 Å². The molecule has 1 saturated carbocycles. The Morgan fingerprint density at radius 3 is 3.00 bits per heavy atom. The van der Waals surface area contributed by atoms with Gasteiger partial charge < -0.3 is 4.74 Å². The Labute approximate surface area is 121 Å². The molecule has 0 aromatic carbocycles. The van der Waals surface area contributed by atoms with Gasteiger partial charge in [0.25, 0.3) is 0 Å². The Morgan fingerprint density at radius 1 is 1.67 bits per heavy atom. The molecule has 0 saturated heterocycles. The molecule has 18 heavy (non-hydrogen) atoms. The number of hydrogen-bond donors (Lipinski definition) is 0. The van der Waals surface area contributed by atoms with Gasteiger partial charge in [0.05, 0.1) is 4.88 Å². The molecule has 2 nitrogen and oxygen atoms in total. The fraction of sp³-hybridized carbons (Fsp3) is 0.643. The van der Waals surface area contributed by atoms with Gasteiger partial charge in [-0.15, -0.1) is 11.3 Å². The minimum atomic E-state index is -0.584. The van der Waals surface area contributed by atoms with E-state index < -0.39 is 5.60 Å². The summed E-state index contributed by atoms with van der Waals surface area (Å²) in [5.74, 6) is 0.728. The number of carbonyl (C=O) groups is 1. The van der Waals surface area contributed by atoms with Gasteiger partial charge in [0.1, 0.15) is 5.60 Å². The molecule has 2 unspecified atom stereocenters. The predicted octanol–water partition coefficient (Wildman–Crippen LogP) is 4.68. The van der Waals surface area contributed by atoms with Crippen LogP contribution in [-0.4, -0.2) is 18.0 Å². The first-order valence-corrected chi connectivity index (χ1v) is 8.18. The van der Waals surface area contributed by atoms with Crippen molar-refractivity contribution in [1.29, 1.82) is 0 Å². The fourth-order valence-electron chi connectivity index (χ4n) is 2.84. The predicted molar refractivity (Wildman–Crippen MR) is 78.3 cm³/mol. The zero-order valence-electron chi connectivity index (χ0n) is 10.9. The highest BCUT2D eigenvalue weighted by Crippen LogP contribution is 2.40. The van der Waals surface area contributed by atoms with Crippen LogP contribution in [0.4, 0.5) is 0 Å². The van der Waals surface area contributed by atoms with Crippen LogP contribution >= 0.6 is 27.3 Å². The van der Waals surface area contributed by atoms with Gasteiger partial charge in [-0.2, -0.15) is 0 Å². The van der Waals surface area contributed by atoms with Crippen LogP contribution in [0.5, 0.6) is 0 Å². The lowest BCUT2D eigenvalue weighted by atomic mass is 9.76. The highest BCUT2D eigenvalue weighted by atomic mass is 79.9. The van der Waals surface area contributed by atoms with E-state index in [0.29, 0.717) is 12.5 Å². The third kappa shape index (κ3) is 2.70. The van der Waals surface area contributed by atoms with Crippen molar-refractivity contribution in [3.8, 4) is 0 Å². The summed E-state index contributed by atoms with van der Waals surface area (Å²) in [6.07, 6.45) is 3.99. The van der Waals surface area contributed by atoms with Crippen LogP contribution in [0.3, 0.4) is 0 Å². The molecule has 0 aliphatic heterocycles. The molecule has 100 valence electrons. The second kappa shape index (κ2) is 5.85. The van der Waals surface area contributed by atoms with Crippen molar-refractivity contribution in [1.82, 2.24) is 0 Å². The lowest BCUT2D eigenvalue weighted by molar-refractivity contribution is -0.0509. The van der Waals surface area contributed by atoms with E-state index >= 15 is 0 Å². The Balaban J connectivity index is 2.29. The maximum Gasteiger partial charge on any atom is 0.205 e. The molecule has 1 aromatic rings. The molecule has 1 heterocycles. The summed E-state index contributed by atoms with van der Waals surface area (Å²) in [6.45, 7) is 4.78. The number of ketones is 1. The SMILES string of the molecule is CCOC1(C(=O)c2sccc2Br)CCCC(C)C1. The van der Waals surface area contributed by atoms with E-state index in [0.717, 1.165) is 28.6 Å². The zero-order chi connectivity index (χ0) is 13.2. The van der Waals surface area contributed by atoms with Crippen molar-refractivity contribution in [3.63, 3.8) is 0 Å². The van der Waals surface area contributed by atoms with Gasteiger partial charge >= 0.3 is 0 Å². The first-order chi connectivity index (χ1) is 8.59. The highest BCUT2D eigenvalue weighted by Gasteiger charge is 2.43. The Kier molecular flexibility index (Phi) is 4.62. The Morgan fingerprint density at radius 2 is 2.44 bits per heavy atom. The minimum absolute atomic E-state index is 0.165. The molecule has 0 amide bonds. The van der Waals surface area contributed by atoms with E-state index in [1.165, 1.54) is 17.8 Å². The average molecular weight is 331 g/mol. The average Bonchev–Trinajstić information content (AvgIpc) is 2.75. The third-order valence-electron chi connectivity index (χ3n) is 3.61. The van der Waals surface area contributed by atoms with Crippen LogP contribution in [-0.2, 0) is 4.74 Å². The molecular formula is C14H19BrO2S. The van der Waals surface area contributed by atoms with Crippen LogP contribution < -0.4 is 0 Å². The first kappa shape index (κ1) is 14.2. The van der Waals surface area contributed by atoms with Crippen molar-refractivity contribution < 1.29 is 9.53 Å². The molecule has 0 N–H and O–H groups in total. The zero-order valence-corrected chi connectivity index (χ0v) is 13.3. The van der Waals surface area contributed by atoms with E-state index in [2.05, 4.69) is 22.9 Å². The number of thiophene rings is 1. The summed E-state index contributed by atoms with van der Waals surface area (Å²) < 4.78 is 6.82. The van der Waals surface area contributed by atoms with Crippen molar-refractivity contribution in [2.45, 2.75) is 45.1 Å². The van der Waals surface area contributed by atoms with Gasteiger partial charge in [-0.3, -0.25) is 4.79 Å². The van der Waals surface area contributed by atoms with Crippen LogP contribution in [0, 0.1) is 5.92 Å². The molecule has 1 aliphatic carbocycles. The molecule has 1 fully saturated rings. The van der Waals surface area contributed by atoms with Crippen molar-refractivity contribution >= 4 is 33.0 Å². The van der Waals surface area contributed by atoms with Gasteiger partial charge in [-0.05, 0) is 59.5 Å². The van der Waals surface area contributed by atoms with E-state index in [1.54, 1.807) is 0 Å². The summed E-state index contributed by atoms with van der Waals surface area (Å²) in [4.78, 5) is 13.6. The van der Waals surface area contributed by atoms with Crippen LogP contribution in [0.25, 0.3) is 0 Å². The standard InChI is InChI=1S/C14H19BrO2S/c1-3-17-14(7-4-5-10(2)9-14)13(16)12-11(15)6-8-18-12/h6,8,10H,3-5,7,9H2,1-2H3. The topological polar surface area (TPSA) is 26.3 Å². The molecule has 0 radical (unpaired) electrons. The first-order valence-electron chi connectivity index (χ1n) is 6.51. The van der Waals surface area contributed by atoms with E-state index in [4.69, 9.17) is 4.74 Å². The number of carbonyl (C=O) groups excluding carboxylic acids is 1. The number of halogens is 1. The molecule has 0 bridgehead atoms. The third-order valence-corrected chi connectivity index (χ3v) is 5.45. The number of hydrogen-bond acceptors (Lipinski definition) is 3. The van der Waals surface area contributed by atoms with E-state index in [1.807, 2.05) is 18.4 Å². The van der Waals surface area contributed by atoms with Gasteiger partial charge in [0.2, 0.25) is 5.78 Å². The highest BCUT2D eigenvalue weighted by molar-refractivity contribution is 9.10. The summed E-state index contributed by atoms with van der Waals surface area (Å²) in [7, 11) is 0. The molecule has 1 aromatic heterocycles. The molecular weight excluding hydrogens is 312 g/mol. The Bertz CT molecular complexity index is 425. The maximum absolute atomic E-state index is 12.8. The van der Waals surface area contributed by atoms with Crippen LogP contribution in [0.2, 0.25) is 0 Å². The smallest absolute Gasteiger partial charge is 0.205 e. The fourth-order valence-corrected chi connectivity index (χ4v) is 4.43. The van der Waals surface area contributed by atoms with Crippen LogP contribution in [0.15, 0.2) is 15.9 Å².